The maximum Gasteiger partial charge on any atom is 0.309 e. The van der Waals surface area contributed by atoms with Crippen LogP contribution in [-0.2, 0) is 4.79 Å². The van der Waals surface area contributed by atoms with Gasteiger partial charge in [-0.05, 0) is 53.4 Å². The molecule has 1 saturated heterocycles. The molecule has 0 aromatic heterocycles. The summed E-state index contributed by atoms with van der Waals surface area (Å²) in [6, 6.07) is 5.44. The number of benzene rings is 1. The highest BCUT2D eigenvalue weighted by molar-refractivity contribution is 9.11. The molecule has 0 bridgehead atoms. The third-order valence-electron chi connectivity index (χ3n) is 4.30. The van der Waals surface area contributed by atoms with Crippen LogP contribution in [0.15, 0.2) is 27.1 Å². The van der Waals surface area contributed by atoms with Gasteiger partial charge < -0.3 is 10.0 Å². The number of hydrogen-bond donors (Lipinski definition) is 1. The van der Waals surface area contributed by atoms with E-state index in [-0.39, 0.29) is 5.91 Å². The van der Waals surface area contributed by atoms with Crippen LogP contribution in [0, 0.1) is 5.41 Å². The van der Waals surface area contributed by atoms with Crippen molar-refractivity contribution in [3.8, 4) is 0 Å². The summed E-state index contributed by atoms with van der Waals surface area (Å²) in [6.45, 7) is 2.87. The van der Waals surface area contributed by atoms with Crippen molar-refractivity contribution in [3.05, 3.63) is 32.7 Å². The number of rotatable bonds is 3. The molecule has 1 aliphatic heterocycles. The highest BCUT2D eigenvalue weighted by Crippen LogP contribution is 2.36. The molecule has 6 heteroatoms. The van der Waals surface area contributed by atoms with E-state index < -0.39 is 11.4 Å². The van der Waals surface area contributed by atoms with Crippen LogP contribution in [0.3, 0.4) is 0 Å². The summed E-state index contributed by atoms with van der Waals surface area (Å²) in [5.74, 6) is -0.800. The maximum absolute atomic E-state index is 12.5. The monoisotopic (exact) mass is 417 g/mol. The molecule has 1 aliphatic rings. The summed E-state index contributed by atoms with van der Waals surface area (Å²) in [5, 5.41) is 9.39. The number of amides is 1. The van der Waals surface area contributed by atoms with E-state index in [0.717, 1.165) is 8.95 Å². The van der Waals surface area contributed by atoms with Gasteiger partial charge in [-0.2, -0.15) is 0 Å². The summed E-state index contributed by atoms with van der Waals surface area (Å²) in [4.78, 5) is 25.7. The van der Waals surface area contributed by atoms with E-state index in [2.05, 4.69) is 31.9 Å². The van der Waals surface area contributed by atoms with E-state index in [1.807, 2.05) is 19.1 Å². The van der Waals surface area contributed by atoms with Crippen molar-refractivity contribution in [3.63, 3.8) is 0 Å². The smallest absolute Gasteiger partial charge is 0.309 e. The molecule has 1 heterocycles. The molecule has 0 spiro atoms. The van der Waals surface area contributed by atoms with Gasteiger partial charge in [0.05, 0.1) is 11.0 Å². The number of aliphatic carboxylic acids is 1. The second kappa shape index (κ2) is 6.48. The molecule has 114 valence electrons. The Morgan fingerprint density at radius 1 is 1.29 bits per heavy atom. The van der Waals surface area contributed by atoms with Crippen LogP contribution >= 0.6 is 31.9 Å². The van der Waals surface area contributed by atoms with Gasteiger partial charge in [-0.1, -0.05) is 22.9 Å². The minimum Gasteiger partial charge on any atom is -0.481 e. The van der Waals surface area contributed by atoms with Gasteiger partial charge in [0.1, 0.15) is 0 Å². The summed E-state index contributed by atoms with van der Waals surface area (Å²) < 4.78 is 1.65. The predicted molar refractivity (Wildman–Crippen MR) is 87.3 cm³/mol. The first-order chi connectivity index (χ1) is 9.89. The molecule has 4 nitrogen and oxygen atoms in total. The minimum absolute atomic E-state index is 0.0514. The Bertz CT molecular complexity index is 566. The van der Waals surface area contributed by atoms with E-state index in [4.69, 9.17) is 0 Å². The third-order valence-corrected chi connectivity index (χ3v) is 5.45. The predicted octanol–water partition coefficient (Wildman–Crippen LogP) is 3.93. The van der Waals surface area contributed by atoms with Crippen LogP contribution in [0.4, 0.5) is 0 Å². The van der Waals surface area contributed by atoms with E-state index >= 15 is 0 Å². The van der Waals surface area contributed by atoms with Crippen LogP contribution in [0.2, 0.25) is 0 Å². The fraction of sp³-hybridized carbons (Fsp3) is 0.467. The number of carboxylic acid groups (broad SMARTS) is 1. The van der Waals surface area contributed by atoms with Gasteiger partial charge in [0.15, 0.2) is 0 Å². The van der Waals surface area contributed by atoms with Gasteiger partial charge in [0.2, 0.25) is 0 Å². The maximum atomic E-state index is 12.5. The molecule has 0 radical (unpaired) electrons. The molecular weight excluding hydrogens is 402 g/mol. The quantitative estimate of drug-likeness (QED) is 0.808. The highest BCUT2D eigenvalue weighted by Gasteiger charge is 2.41. The Morgan fingerprint density at radius 3 is 2.38 bits per heavy atom. The van der Waals surface area contributed by atoms with Crippen molar-refractivity contribution >= 4 is 43.7 Å². The molecule has 0 aliphatic carbocycles. The molecule has 0 atom stereocenters. The van der Waals surface area contributed by atoms with Crippen LogP contribution in [0.25, 0.3) is 0 Å². The summed E-state index contributed by atoms with van der Waals surface area (Å²) in [6.07, 6.45) is 1.63. The van der Waals surface area contributed by atoms with Crippen LogP contribution in [0.1, 0.15) is 36.5 Å². The Hall–Kier alpha value is -0.880. The normalized spacial score (nSPS) is 17.6. The highest BCUT2D eigenvalue weighted by atomic mass is 79.9. The third kappa shape index (κ3) is 3.31. The Morgan fingerprint density at radius 2 is 1.90 bits per heavy atom. The van der Waals surface area contributed by atoms with Gasteiger partial charge >= 0.3 is 5.97 Å². The number of carbonyl (C=O) groups is 2. The number of hydrogen-bond acceptors (Lipinski definition) is 2. The van der Waals surface area contributed by atoms with Crippen molar-refractivity contribution in [2.75, 3.05) is 13.1 Å². The van der Waals surface area contributed by atoms with Crippen LogP contribution in [0.5, 0.6) is 0 Å². The summed E-state index contributed by atoms with van der Waals surface area (Å²) in [7, 11) is 0. The lowest BCUT2D eigenvalue weighted by Crippen LogP contribution is -2.46. The molecule has 1 amide bonds. The molecule has 1 N–H and O–H groups in total. The van der Waals surface area contributed by atoms with Crippen LogP contribution < -0.4 is 0 Å². The van der Waals surface area contributed by atoms with Crippen molar-refractivity contribution in [1.29, 1.82) is 0 Å². The van der Waals surface area contributed by atoms with Gasteiger partial charge in [-0.25, -0.2) is 0 Å². The standard InChI is InChI=1S/C15H17Br2NO3/c1-2-15(14(20)21)5-7-18(8-6-15)13(19)11-4-3-10(16)9-12(11)17/h3-4,9H,2,5-8H2,1H3,(H,20,21). The fourth-order valence-electron chi connectivity index (χ4n) is 2.69. The number of halogens is 2. The van der Waals surface area contributed by atoms with Crippen molar-refractivity contribution in [1.82, 2.24) is 4.90 Å². The van der Waals surface area contributed by atoms with Crippen molar-refractivity contribution in [2.45, 2.75) is 26.2 Å². The fourth-order valence-corrected chi connectivity index (χ4v) is 3.91. The van der Waals surface area contributed by atoms with Gasteiger partial charge in [0, 0.05) is 22.0 Å². The number of carbonyl (C=O) groups excluding carboxylic acids is 1. The minimum atomic E-state index is -0.748. The topological polar surface area (TPSA) is 57.6 Å². The Kier molecular flexibility index (Phi) is 5.09. The van der Waals surface area contributed by atoms with E-state index in [9.17, 15) is 14.7 Å². The lowest BCUT2D eigenvalue weighted by atomic mass is 9.76. The largest absolute Gasteiger partial charge is 0.481 e. The first-order valence-electron chi connectivity index (χ1n) is 6.87. The van der Waals surface area contributed by atoms with Gasteiger partial charge in [-0.3, -0.25) is 9.59 Å². The van der Waals surface area contributed by atoms with E-state index in [0.29, 0.717) is 37.9 Å². The van der Waals surface area contributed by atoms with Crippen LogP contribution in [-0.4, -0.2) is 35.0 Å². The average molecular weight is 419 g/mol. The zero-order chi connectivity index (χ0) is 15.6. The number of likely N-dealkylation sites (tertiary alicyclic amines) is 1. The van der Waals surface area contributed by atoms with Gasteiger partial charge in [0.25, 0.3) is 5.91 Å². The molecule has 1 aromatic carbocycles. The van der Waals surface area contributed by atoms with E-state index in [1.165, 1.54) is 0 Å². The van der Waals surface area contributed by atoms with E-state index in [1.54, 1.807) is 11.0 Å². The summed E-state index contributed by atoms with van der Waals surface area (Å²) in [5.41, 5.74) is -0.0641. The lowest BCUT2D eigenvalue weighted by Gasteiger charge is -2.38. The molecule has 0 unspecified atom stereocenters. The first-order valence-corrected chi connectivity index (χ1v) is 8.46. The molecule has 0 saturated carbocycles. The van der Waals surface area contributed by atoms with Crippen molar-refractivity contribution < 1.29 is 14.7 Å². The number of nitrogens with zero attached hydrogens (tertiary/aromatic N) is 1. The SMILES string of the molecule is CCC1(C(=O)O)CCN(C(=O)c2ccc(Br)cc2Br)CC1. The Labute approximate surface area is 140 Å². The summed E-state index contributed by atoms with van der Waals surface area (Å²) >= 11 is 6.76. The number of piperidine rings is 1. The Balaban J connectivity index is 2.12. The molecule has 1 aromatic rings. The zero-order valence-corrected chi connectivity index (χ0v) is 14.9. The molecule has 21 heavy (non-hydrogen) atoms. The molecule has 2 rings (SSSR count). The van der Waals surface area contributed by atoms with Gasteiger partial charge in [-0.15, -0.1) is 0 Å². The molecule has 1 fully saturated rings. The average Bonchev–Trinajstić information content (AvgIpc) is 2.46. The van der Waals surface area contributed by atoms with Crippen molar-refractivity contribution in [2.24, 2.45) is 5.41 Å². The second-order valence-corrected chi connectivity index (χ2v) is 7.13. The molecular formula is C15H17Br2NO3. The number of carboxylic acids is 1. The zero-order valence-electron chi connectivity index (χ0n) is 11.7. The lowest BCUT2D eigenvalue weighted by molar-refractivity contribution is -0.152. The first kappa shape index (κ1) is 16.5. The second-order valence-electron chi connectivity index (χ2n) is 5.36.